The summed E-state index contributed by atoms with van der Waals surface area (Å²) in [5.41, 5.74) is 4.01. The number of anilines is 1. The number of hydrogen-bond acceptors (Lipinski definition) is 3. The number of amides is 2. The Bertz CT molecular complexity index is 519. The highest BCUT2D eigenvalue weighted by atomic mass is 16.6. The van der Waals surface area contributed by atoms with Crippen LogP contribution in [0.25, 0.3) is 0 Å². The Hall–Kier alpha value is -1.88. The van der Waals surface area contributed by atoms with E-state index in [1.165, 1.54) is 20.5 Å². The molecule has 1 aromatic rings. The minimum atomic E-state index is -0.385. The maximum Gasteiger partial charge on any atom is 0.250 e. The zero-order valence-corrected chi connectivity index (χ0v) is 13.3. The molecule has 0 atom stereocenters. The first kappa shape index (κ1) is 16.5. The van der Waals surface area contributed by atoms with Gasteiger partial charge in [-0.2, -0.15) is 0 Å². The third-order valence-corrected chi connectivity index (χ3v) is 4.30. The summed E-state index contributed by atoms with van der Waals surface area (Å²) in [7, 11) is 1.47. The number of benzene rings is 1. The number of hydrogen-bond donors (Lipinski definition) is 2. The molecule has 0 saturated heterocycles. The van der Waals surface area contributed by atoms with Crippen molar-refractivity contribution in [2.24, 2.45) is 5.41 Å². The predicted molar refractivity (Wildman–Crippen MR) is 85.1 cm³/mol. The van der Waals surface area contributed by atoms with Crippen molar-refractivity contribution in [3.8, 4) is 0 Å². The average Bonchev–Trinajstić information content (AvgIpc) is 2.50. The van der Waals surface area contributed by atoms with Crippen LogP contribution in [0.2, 0.25) is 0 Å². The van der Waals surface area contributed by atoms with Crippen molar-refractivity contribution in [1.29, 1.82) is 0 Å². The fraction of sp³-hybridized carbons (Fsp3) is 0.529. The molecule has 2 N–H and O–H groups in total. The third kappa shape index (κ3) is 4.07. The quantitative estimate of drug-likeness (QED) is 0.822. The lowest BCUT2D eigenvalue weighted by atomic mass is 9.70. The molecule has 22 heavy (non-hydrogen) atoms. The topological polar surface area (TPSA) is 67.4 Å². The molecule has 0 aliphatic heterocycles. The van der Waals surface area contributed by atoms with Gasteiger partial charge in [0, 0.05) is 12.6 Å². The lowest BCUT2D eigenvalue weighted by Crippen LogP contribution is -2.43. The molecule has 1 aliphatic rings. The minimum absolute atomic E-state index is 0.0272. The standard InChI is InChI=1S/C17H24N2O3/c1-13(20)18-15-8-6-14(7-9-15)12-17(16(21)19-22-2)10-4-3-5-11-17/h6-9H,3-5,10-12H2,1-2H3,(H,18,20)(H,19,21). The van der Waals surface area contributed by atoms with Crippen LogP contribution in [0.4, 0.5) is 5.69 Å². The molecule has 1 fully saturated rings. The van der Waals surface area contributed by atoms with E-state index < -0.39 is 0 Å². The molecule has 120 valence electrons. The van der Waals surface area contributed by atoms with Crippen molar-refractivity contribution in [2.45, 2.75) is 45.4 Å². The first-order valence-corrected chi connectivity index (χ1v) is 7.76. The van der Waals surface area contributed by atoms with E-state index in [0.717, 1.165) is 36.9 Å². The van der Waals surface area contributed by atoms with Gasteiger partial charge in [-0.05, 0) is 37.0 Å². The van der Waals surface area contributed by atoms with Crippen molar-refractivity contribution in [2.75, 3.05) is 12.4 Å². The normalized spacial score (nSPS) is 16.8. The monoisotopic (exact) mass is 304 g/mol. The second-order valence-corrected chi connectivity index (χ2v) is 6.03. The Morgan fingerprint density at radius 3 is 2.32 bits per heavy atom. The number of nitrogens with one attached hydrogen (secondary N) is 2. The van der Waals surface area contributed by atoms with E-state index in [9.17, 15) is 9.59 Å². The van der Waals surface area contributed by atoms with E-state index in [1.807, 2.05) is 24.3 Å². The van der Waals surface area contributed by atoms with Crippen LogP contribution in [0.5, 0.6) is 0 Å². The SMILES string of the molecule is CONC(=O)C1(Cc2ccc(NC(C)=O)cc2)CCCCC1. The second-order valence-electron chi connectivity index (χ2n) is 6.03. The van der Waals surface area contributed by atoms with Crippen molar-refractivity contribution in [3.63, 3.8) is 0 Å². The molecule has 5 heteroatoms. The second kappa shape index (κ2) is 7.40. The Labute approximate surface area is 131 Å². The van der Waals surface area contributed by atoms with Gasteiger partial charge < -0.3 is 5.32 Å². The molecule has 1 aliphatic carbocycles. The summed E-state index contributed by atoms with van der Waals surface area (Å²) in [4.78, 5) is 28.3. The lowest BCUT2D eigenvalue weighted by molar-refractivity contribution is -0.144. The van der Waals surface area contributed by atoms with Gasteiger partial charge in [-0.1, -0.05) is 31.4 Å². The van der Waals surface area contributed by atoms with Crippen LogP contribution in [-0.2, 0) is 20.8 Å². The van der Waals surface area contributed by atoms with Gasteiger partial charge >= 0.3 is 0 Å². The Balaban J connectivity index is 2.12. The predicted octanol–water partition coefficient (Wildman–Crippen LogP) is 2.82. The van der Waals surface area contributed by atoms with Gasteiger partial charge in [-0.15, -0.1) is 0 Å². The van der Waals surface area contributed by atoms with Crippen LogP contribution in [0.15, 0.2) is 24.3 Å². The van der Waals surface area contributed by atoms with Crippen LogP contribution in [0.3, 0.4) is 0 Å². The van der Waals surface area contributed by atoms with Crippen LogP contribution in [-0.4, -0.2) is 18.9 Å². The Kier molecular flexibility index (Phi) is 5.55. The molecule has 2 rings (SSSR count). The minimum Gasteiger partial charge on any atom is -0.326 e. The smallest absolute Gasteiger partial charge is 0.250 e. The van der Waals surface area contributed by atoms with Gasteiger partial charge in [0.15, 0.2) is 0 Å². The molecule has 5 nitrogen and oxygen atoms in total. The molecular formula is C17H24N2O3. The number of hydroxylamine groups is 1. The Morgan fingerprint density at radius 1 is 1.14 bits per heavy atom. The van der Waals surface area contributed by atoms with E-state index in [1.54, 1.807) is 0 Å². The summed E-state index contributed by atoms with van der Waals surface area (Å²) < 4.78 is 0. The van der Waals surface area contributed by atoms with Crippen LogP contribution in [0, 0.1) is 5.41 Å². The fourth-order valence-corrected chi connectivity index (χ4v) is 3.21. The average molecular weight is 304 g/mol. The molecule has 0 spiro atoms. The highest BCUT2D eigenvalue weighted by Crippen LogP contribution is 2.39. The van der Waals surface area contributed by atoms with Crippen LogP contribution in [0.1, 0.15) is 44.6 Å². The summed E-state index contributed by atoms with van der Waals surface area (Å²) in [5.74, 6) is -0.114. The van der Waals surface area contributed by atoms with Crippen molar-refractivity contribution in [3.05, 3.63) is 29.8 Å². The Morgan fingerprint density at radius 2 is 1.77 bits per heavy atom. The summed E-state index contributed by atoms with van der Waals surface area (Å²) in [5, 5.41) is 2.75. The van der Waals surface area contributed by atoms with E-state index in [4.69, 9.17) is 4.84 Å². The molecule has 2 amide bonds. The van der Waals surface area contributed by atoms with Gasteiger partial charge in [-0.3, -0.25) is 14.4 Å². The molecule has 0 heterocycles. The molecule has 0 unspecified atom stereocenters. The molecular weight excluding hydrogens is 280 g/mol. The number of carbonyl (C=O) groups excluding carboxylic acids is 2. The zero-order valence-electron chi connectivity index (χ0n) is 13.3. The zero-order chi connectivity index (χ0) is 16.0. The highest BCUT2D eigenvalue weighted by Gasteiger charge is 2.39. The van der Waals surface area contributed by atoms with Crippen molar-refractivity contribution < 1.29 is 14.4 Å². The van der Waals surface area contributed by atoms with E-state index in [-0.39, 0.29) is 17.2 Å². The lowest BCUT2D eigenvalue weighted by Gasteiger charge is -2.35. The first-order valence-electron chi connectivity index (χ1n) is 7.76. The van der Waals surface area contributed by atoms with Gasteiger partial charge in [0.1, 0.15) is 0 Å². The summed E-state index contributed by atoms with van der Waals surface area (Å²) in [6.45, 7) is 1.49. The van der Waals surface area contributed by atoms with E-state index in [2.05, 4.69) is 10.8 Å². The number of rotatable bonds is 5. The van der Waals surface area contributed by atoms with Gasteiger partial charge in [0.25, 0.3) is 0 Å². The van der Waals surface area contributed by atoms with Crippen molar-refractivity contribution >= 4 is 17.5 Å². The summed E-state index contributed by atoms with van der Waals surface area (Å²) >= 11 is 0. The molecule has 0 aromatic heterocycles. The van der Waals surface area contributed by atoms with Crippen molar-refractivity contribution in [1.82, 2.24) is 5.48 Å². The highest BCUT2D eigenvalue weighted by molar-refractivity contribution is 5.88. The molecule has 1 aromatic carbocycles. The largest absolute Gasteiger partial charge is 0.326 e. The maximum atomic E-state index is 12.4. The third-order valence-electron chi connectivity index (χ3n) is 4.30. The van der Waals surface area contributed by atoms with Crippen LogP contribution < -0.4 is 10.8 Å². The number of carbonyl (C=O) groups is 2. The van der Waals surface area contributed by atoms with Crippen LogP contribution >= 0.6 is 0 Å². The molecule has 0 bridgehead atoms. The van der Waals surface area contributed by atoms with Gasteiger partial charge in [-0.25, -0.2) is 5.48 Å². The molecule has 1 saturated carbocycles. The van der Waals surface area contributed by atoms with Gasteiger partial charge in [0.05, 0.1) is 12.5 Å². The summed E-state index contributed by atoms with van der Waals surface area (Å²) in [6.07, 6.45) is 5.79. The van der Waals surface area contributed by atoms with E-state index in [0.29, 0.717) is 6.42 Å². The molecule has 0 radical (unpaired) electrons. The van der Waals surface area contributed by atoms with E-state index >= 15 is 0 Å². The fourth-order valence-electron chi connectivity index (χ4n) is 3.21. The summed E-state index contributed by atoms with van der Waals surface area (Å²) in [6, 6.07) is 7.70. The van der Waals surface area contributed by atoms with Gasteiger partial charge in [0.2, 0.25) is 11.8 Å². The first-order chi connectivity index (χ1) is 10.6. The maximum absolute atomic E-state index is 12.4.